The van der Waals surface area contributed by atoms with Crippen LogP contribution < -0.4 is 0 Å². The fourth-order valence-corrected chi connectivity index (χ4v) is 36.7. The molecule has 37 nitrogen and oxygen atoms in total. The Balaban J connectivity index is 0.000000146. The highest BCUT2D eigenvalue weighted by Crippen LogP contribution is 2.71. The Bertz CT molecular complexity index is 5670. The number of aryl methyl sites for hydroxylation is 1. The van der Waals surface area contributed by atoms with E-state index in [2.05, 4.69) is 0 Å². The Morgan fingerprint density at radius 3 is 1.04 bits per heavy atom. The van der Waals surface area contributed by atoms with Crippen molar-refractivity contribution in [2.75, 3.05) is 35.9 Å². The van der Waals surface area contributed by atoms with Crippen LogP contribution >= 0.6 is 0 Å². The van der Waals surface area contributed by atoms with Crippen molar-refractivity contribution < 1.29 is 162 Å². The number of ether oxygens (including phenoxy) is 2. The summed E-state index contributed by atoms with van der Waals surface area (Å²) in [6.45, 7) is 5.64. The number of rotatable bonds is 14. The molecule has 2 aromatic carbocycles. The molecule has 1 saturated heterocycles. The van der Waals surface area contributed by atoms with E-state index in [-0.39, 0.29) is 62.6 Å². The lowest BCUT2D eigenvalue weighted by molar-refractivity contribution is -0.156. The van der Waals surface area contributed by atoms with Gasteiger partial charge in [-0.05, 0) is 372 Å². The average Bonchev–Trinajstić information content (AvgIpc) is 0.851. The van der Waals surface area contributed by atoms with Gasteiger partial charge in [-0.3, -0.25) is 9.59 Å². The summed E-state index contributed by atoms with van der Waals surface area (Å²) in [4.78, 5) is 23.1. The van der Waals surface area contributed by atoms with Gasteiger partial charge < -0.3 is 59.6 Å². The van der Waals surface area contributed by atoms with Gasteiger partial charge in [-0.15, -0.1) is 0 Å². The molecule has 0 aromatic heterocycles. The largest absolute Gasteiger partial charge is 0.748 e. The minimum absolute atomic E-state index is 0.0720. The molecule has 48 heteroatoms. The molecule has 22 aliphatic rings. The third-order valence-electron chi connectivity index (χ3n) is 34.7. The minimum atomic E-state index is -4.39. The monoisotopic (exact) mass is 2170 g/mol. The van der Waals surface area contributed by atoms with Crippen molar-refractivity contribution in [1.82, 2.24) is 0 Å². The molecule has 0 radical (unpaired) electrons. The summed E-state index contributed by atoms with van der Waals surface area (Å²) in [5, 5.41) is -1.65. The lowest BCUT2D eigenvalue weighted by Gasteiger charge is -2.57. The van der Waals surface area contributed by atoms with Crippen molar-refractivity contribution >= 4 is 123 Å². The molecule has 23 atom stereocenters. The molecule has 0 spiro atoms. The quantitative estimate of drug-likeness (QED) is 0.0963. The van der Waals surface area contributed by atoms with E-state index in [1.807, 2.05) is 6.92 Å². The lowest BCUT2D eigenvalue weighted by Crippen LogP contribution is -2.54. The lowest BCUT2D eigenvalue weighted by atomic mass is 9.56. The first kappa shape index (κ1) is 116. The predicted octanol–water partition coefficient (Wildman–Crippen LogP) is 9.81. The normalized spacial score (nSPS) is 37.4. The maximum atomic E-state index is 11.9. The van der Waals surface area contributed by atoms with E-state index in [1.165, 1.54) is 160 Å². The SMILES string of the molecule is C1CC2CC1C1C3CCC(C3)C21.C1CC2CC1C1C3CCC(C3)C21.CCCS(=O)(=O)[O-].CCS(=O)(=O)[O-].CCS(=O)(=O)[O-].CS(=O)(=O)[O-].Cc1ccc(S(=O)(=O)[O-])cc1.O=C1OC2C3CC(CC13)C2C(=O)OCCS(=O)(=O)[O-].O=S(=O)([O-])C12CC3CC(CC(C3)C1)C2.O=S(=O)([O-])C1CC2CC1C1C3CCC(C3)C21.O=S(=O)([O-])C1CC2CCC1C2.O=S(=O)([O-])C1CCCCC1.O=S(=O)([O-])c1ccccc1. The van der Waals surface area contributed by atoms with Crippen LogP contribution in [0.1, 0.15) is 251 Å². The fraction of sp³-hybridized carbons (Fsp3) is 0.846. The summed E-state index contributed by atoms with van der Waals surface area (Å²) < 4.78 is 346. The molecule has 139 heavy (non-hydrogen) atoms. The second-order valence-electron chi connectivity index (χ2n) is 43.1. The fourth-order valence-electron chi connectivity index (χ4n) is 30.3. The van der Waals surface area contributed by atoms with Crippen LogP contribution in [0.25, 0.3) is 0 Å². The maximum Gasteiger partial charge on any atom is 0.313 e. The Morgan fingerprint density at radius 2 is 0.734 bits per heavy atom. The number of hydrogen-bond donors (Lipinski definition) is 0. The van der Waals surface area contributed by atoms with Crippen molar-refractivity contribution in [2.24, 2.45) is 160 Å². The minimum Gasteiger partial charge on any atom is -0.748 e. The van der Waals surface area contributed by atoms with Crippen LogP contribution in [-0.2, 0) is 130 Å². The Kier molecular flexibility index (Phi) is 38.5. The molecule has 23 unspecified atom stereocenters. The third kappa shape index (κ3) is 31.1. The van der Waals surface area contributed by atoms with E-state index >= 15 is 0 Å². The van der Waals surface area contributed by atoms with Gasteiger partial charge in [-0.1, -0.05) is 82.3 Å². The van der Waals surface area contributed by atoms with Gasteiger partial charge in [-0.2, -0.15) is 0 Å². The van der Waals surface area contributed by atoms with E-state index in [0.717, 1.165) is 74.7 Å². The van der Waals surface area contributed by atoms with Gasteiger partial charge in [0.1, 0.15) is 43.1 Å². The van der Waals surface area contributed by atoms with Crippen molar-refractivity contribution in [1.29, 1.82) is 0 Å². The highest BCUT2D eigenvalue weighted by Gasteiger charge is 2.66. The number of carbonyl (C=O) groups is 2. The maximum absolute atomic E-state index is 11.9. The topological polar surface area (TPSA) is 682 Å². The molecule has 2 aromatic rings. The van der Waals surface area contributed by atoms with E-state index in [1.54, 1.807) is 102 Å². The summed E-state index contributed by atoms with van der Waals surface area (Å²) in [6.07, 6.45) is 40.3. The zero-order valence-electron chi connectivity index (χ0n) is 79.0. The second kappa shape index (κ2) is 46.2. The van der Waals surface area contributed by atoms with Gasteiger partial charge >= 0.3 is 11.9 Å². The van der Waals surface area contributed by atoms with Crippen molar-refractivity contribution in [2.45, 2.75) is 289 Å². The highest BCUT2D eigenvalue weighted by molar-refractivity contribution is 7.88. The van der Waals surface area contributed by atoms with E-state index in [9.17, 15) is 139 Å². The van der Waals surface area contributed by atoms with Crippen molar-refractivity contribution in [3.8, 4) is 0 Å². The first-order valence-electron chi connectivity index (χ1n) is 49.1. The molecular formula is C91H135O37S11-11. The molecule has 21 saturated carbocycles. The number of fused-ring (bicyclic) bond motifs is 30. The van der Waals surface area contributed by atoms with Crippen LogP contribution in [0.2, 0.25) is 0 Å². The molecule has 24 rings (SSSR count). The van der Waals surface area contributed by atoms with Crippen molar-refractivity contribution in [3.05, 3.63) is 60.2 Å². The van der Waals surface area contributed by atoms with Crippen LogP contribution in [0, 0.1) is 167 Å². The van der Waals surface area contributed by atoms with Gasteiger partial charge in [0.25, 0.3) is 0 Å². The zero-order valence-corrected chi connectivity index (χ0v) is 88.0. The summed E-state index contributed by atoms with van der Waals surface area (Å²) in [5.74, 6) is 17.9. The van der Waals surface area contributed by atoms with Gasteiger partial charge in [-0.25, -0.2) is 92.6 Å². The number of hydrogen-bond acceptors (Lipinski definition) is 37. The summed E-state index contributed by atoms with van der Waals surface area (Å²) in [5.41, 5.74) is 0.928. The summed E-state index contributed by atoms with van der Waals surface area (Å²) in [6, 6.07) is 13.0. The van der Waals surface area contributed by atoms with Crippen LogP contribution in [0.4, 0.5) is 0 Å². The Morgan fingerprint density at radius 1 is 0.367 bits per heavy atom. The number of carbonyl (C=O) groups excluding carboxylic acids is 2. The first-order valence-corrected chi connectivity index (χ1v) is 65.9. The van der Waals surface area contributed by atoms with E-state index < -0.39 is 162 Å². The molecule has 1 heterocycles. The average molecular weight is 2170 g/mol. The molecule has 1 aliphatic heterocycles. The standard InChI is InChI=1S/C12H18O3S.2C12H18.C11H14O7S.C10H16O3S.C7H12O3S.C7H8O3S.C6H12O3S.C6H6O3S.C3H8O3S.2C2H6O3S.CH4O3S/c13-16(14,15)10-5-8-4-9(10)12-7-2-1-6(3-7)11(8)12;2*1-2-8-5-7(1)11-9-3-4-10(6-9)12(8)11;12-10-7-4-5-3-6(7)9(18-10)8(5)11(13)17-1-2-19(14,15)16;11-14(12,13)10-4-7-1-8(5-10)3-9(2-7)6-10;8-11(9,10)7-4-5-1-2-6(7)3-5;1-6-2-4-7(5-3-6)11(8,9)10;2*7-10(8,9)6-4-2-1-3-5-6;1-2-3-7(4,5)6;2*1-2-6(3,4)5;1-5(2,3)4/h6-12H,1-5H2,(H,13,14,15);2*7-12H,1-6H2;5-9H,1-4H2,(H,14,15,16);7-9H,1-6H2,(H,11,12,13);5-7H,1-4H2,(H,8,9,10);2-5H,1H3,(H,8,9,10);6H,1-5H2,(H,7,8,9);1-5H,(H,7,8,9);2-3H2,1H3,(H,4,5,6);2*2H2,1H3,(H,3,4,5);1H3,(H,2,3,4)/p-11. The van der Waals surface area contributed by atoms with Gasteiger partial charge in [0.05, 0.1) is 124 Å². The highest BCUT2D eigenvalue weighted by atomic mass is 32.3. The van der Waals surface area contributed by atoms with Crippen LogP contribution in [-0.4, -0.2) is 217 Å². The van der Waals surface area contributed by atoms with Crippen LogP contribution in [0.3, 0.4) is 0 Å². The Hall–Kier alpha value is -3.61. The second-order valence-corrected chi connectivity index (χ2v) is 60.3. The molecule has 20 bridgehead atoms. The van der Waals surface area contributed by atoms with Gasteiger partial charge in [0.2, 0.25) is 0 Å². The summed E-state index contributed by atoms with van der Waals surface area (Å²) in [7, 11) is -44.6. The zero-order chi connectivity index (χ0) is 103. The molecular weight excluding hydrogens is 2040 g/mol. The first-order chi connectivity index (χ1) is 64.2. The smallest absolute Gasteiger partial charge is 0.313 e. The molecule has 0 amide bonds. The number of benzene rings is 2. The van der Waals surface area contributed by atoms with Gasteiger partial charge in [0.15, 0.2) is 0 Å². The van der Waals surface area contributed by atoms with Crippen LogP contribution in [0.5, 0.6) is 0 Å². The molecule has 21 aliphatic carbocycles. The third-order valence-corrected chi connectivity index (χ3v) is 44.8. The van der Waals surface area contributed by atoms with Crippen molar-refractivity contribution in [3.63, 3.8) is 0 Å². The summed E-state index contributed by atoms with van der Waals surface area (Å²) >= 11 is 0. The Labute approximate surface area is 823 Å². The molecule has 22 fully saturated rings. The van der Waals surface area contributed by atoms with Gasteiger partial charge in [0, 0.05) is 34.7 Å². The predicted molar refractivity (Wildman–Crippen MR) is 494 cm³/mol. The number of esters is 2. The molecule has 798 valence electrons. The van der Waals surface area contributed by atoms with E-state index in [0.29, 0.717) is 99.6 Å². The van der Waals surface area contributed by atoms with E-state index in [4.69, 9.17) is 22.4 Å². The molecule has 0 N–H and O–H groups in total. The van der Waals surface area contributed by atoms with Crippen LogP contribution in [0.15, 0.2) is 64.4 Å².